The van der Waals surface area contributed by atoms with Crippen LogP contribution >= 0.6 is 11.6 Å². The molecular weight excluding hydrogens is 252 g/mol. The SMILES string of the molecule is Nc1cccc(Cl)c1C(=O)NC1CCC(CO)C1. The predicted octanol–water partition coefficient (Wildman–Crippen LogP) is 1.81. The van der Waals surface area contributed by atoms with Crippen LogP contribution in [0.15, 0.2) is 18.2 Å². The van der Waals surface area contributed by atoms with Crippen LogP contribution < -0.4 is 11.1 Å². The third-order valence-electron chi connectivity index (χ3n) is 3.41. The minimum atomic E-state index is -0.235. The first kappa shape index (κ1) is 13.2. The van der Waals surface area contributed by atoms with Gasteiger partial charge >= 0.3 is 0 Å². The normalized spacial score (nSPS) is 23.0. The molecule has 0 bridgehead atoms. The summed E-state index contributed by atoms with van der Waals surface area (Å²) < 4.78 is 0. The average Bonchev–Trinajstić information content (AvgIpc) is 2.76. The Morgan fingerprint density at radius 3 is 2.89 bits per heavy atom. The molecule has 1 amide bonds. The summed E-state index contributed by atoms with van der Waals surface area (Å²) in [5, 5.41) is 12.4. The summed E-state index contributed by atoms with van der Waals surface area (Å²) in [5.74, 6) is 0.0561. The van der Waals surface area contributed by atoms with E-state index in [1.54, 1.807) is 18.2 Å². The lowest BCUT2D eigenvalue weighted by molar-refractivity contribution is 0.0937. The number of nitrogens with one attached hydrogen (secondary N) is 1. The van der Waals surface area contributed by atoms with Gasteiger partial charge in [-0.15, -0.1) is 0 Å². The number of benzene rings is 1. The minimum absolute atomic E-state index is 0.102. The summed E-state index contributed by atoms with van der Waals surface area (Å²) in [6.07, 6.45) is 2.65. The Balaban J connectivity index is 2.04. The van der Waals surface area contributed by atoms with Gasteiger partial charge in [0.2, 0.25) is 0 Å². The number of aliphatic hydroxyl groups is 1. The van der Waals surface area contributed by atoms with Gasteiger partial charge in [0.15, 0.2) is 0 Å². The molecule has 5 heteroatoms. The van der Waals surface area contributed by atoms with Crippen LogP contribution in [0.4, 0.5) is 5.69 Å². The van der Waals surface area contributed by atoms with Crippen molar-refractivity contribution in [1.82, 2.24) is 5.32 Å². The van der Waals surface area contributed by atoms with Crippen molar-refractivity contribution in [2.24, 2.45) is 5.92 Å². The smallest absolute Gasteiger partial charge is 0.255 e. The molecule has 0 aliphatic heterocycles. The summed E-state index contributed by atoms with van der Waals surface area (Å²) in [4.78, 5) is 12.1. The number of nitrogens with two attached hydrogens (primary N) is 1. The molecule has 2 rings (SSSR count). The largest absolute Gasteiger partial charge is 0.398 e. The third-order valence-corrected chi connectivity index (χ3v) is 3.72. The van der Waals surface area contributed by atoms with Crippen LogP contribution in [0.1, 0.15) is 29.6 Å². The van der Waals surface area contributed by atoms with Gasteiger partial charge in [-0.05, 0) is 37.3 Å². The highest BCUT2D eigenvalue weighted by Gasteiger charge is 2.26. The number of rotatable bonds is 3. The van der Waals surface area contributed by atoms with Crippen molar-refractivity contribution < 1.29 is 9.90 Å². The van der Waals surface area contributed by atoms with Crippen molar-refractivity contribution in [2.75, 3.05) is 12.3 Å². The van der Waals surface area contributed by atoms with Crippen LogP contribution in [0.3, 0.4) is 0 Å². The standard InChI is InChI=1S/C13H17ClN2O2/c14-10-2-1-3-11(15)12(10)13(18)16-9-5-4-8(6-9)7-17/h1-3,8-9,17H,4-7,15H2,(H,16,18). The Hall–Kier alpha value is -1.26. The van der Waals surface area contributed by atoms with Crippen LogP contribution in [-0.2, 0) is 0 Å². The molecule has 0 saturated heterocycles. The van der Waals surface area contributed by atoms with Gasteiger partial charge in [-0.25, -0.2) is 0 Å². The molecule has 1 fully saturated rings. The lowest BCUT2D eigenvalue weighted by Gasteiger charge is -2.14. The zero-order valence-corrected chi connectivity index (χ0v) is 10.8. The number of nitrogen functional groups attached to an aromatic ring is 1. The van der Waals surface area contributed by atoms with Crippen molar-refractivity contribution >= 4 is 23.2 Å². The second kappa shape index (κ2) is 5.59. The number of carbonyl (C=O) groups excluding carboxylic acids is 1. The van der Waals surface area contributed by atoms with Crippen LogP contribution in [0.5, 0.6) is 0 Å². The molecule has 4 N–H and O–H groups in total. The van der Waals surface area contributed by atoms with Gasteiger partial charge in [0.25, 0.3) is 5.91 Å². The Morgan fingerprint density at radius 2 is 2.28 bits per heavy atom. The average molecular weight is 269 g/mol. The first-order valence-corrected chi connectivity index (χ1v) is 6.45. The van der Waals surface area contributed by atoms with E-state index in [9.17, 15) is 4.79 Å². The van der Waals surface area contributed by atoms with Crippen molar-refractivity contribution in [3.63, 3.8) is 0 Å². The van der Waals surface area contributed by atoms with Crippen molar-refractivity contribution in [3.05, 3.63) is 28.8 Å². The summed E-state index contributed by atoms with van der Waals surface area (Å²) in [7, 11) is 0. The van der Waals surface area contributed by atoms with E-state index < -0.39 is 0 Å². The maximum absolute atomic E-state index is 12.1. The zero-order valence-electron chi connectivity index (χ0n) is 10.0. The zero-order chi connectivity index (χ0) is 13.1. The molecule has 1 aliphatic carbocycles. The summed E-state index contributed by atoms with van der Waals surface area (Å²) in [5.41, 5.74) is 6.49. The maximum Gasteiger partial charge on any atom is 0.255 e. The molecule has 2 unspecified atom stereocenters. The minimum Gasteiger partial charge on any atom is -0.398 e. The van der Waals surface area contributed by atoms with Gasteiger partial charge in [0.05, 0.1) is 10.6 Å². The molecule has 18 heavy (non-hydrogen) atoms. The molecule has 1 aromatic carbocycles. The van der Waals surface area contributed by atoms with Crippen LogP contribution in [0, 0.1) is 5.92 Å². The molecule has 0 spiro atoms. The molecule has 2 atom stereocenters. The Labute approximate surface area is 111 Å². The molecule has 98 valence electrons. The Morgan fingerprint density at radius 1 is 1.50 bits per heavy atom. The van der Waals surface area contributed by atoms with Gasteiger partial charge in [-0.2, -0.15) is 0 Å². The maximum atomic E-state index is 12.1. The topological polar surface area (TPSA) is 75.4 Å². The molecule has 1 aliphatic rings. The number of amides is 1. The van der Waals surface area contributed by atoms with Gasteiger partial charge < -0.3 is 16.2 Å². The van der Waals surface area contributed by atoms with E-state index in [2.05, 4.69) is 5.32 Å². The van der Waals surface area contributed by atoms with E-state index in [4.69, 9.17) is 22.4 Å². The van der Waals surface area contributed by atoms with E-state index >= 15 is 0 Å². The predicted molar refractivity (Wildman–Crippen MR) is 71.5 cm³/mol. The Bertz CT molecular complexity index is 430. The summed E-state index contributed by atoms with van der Waals surface area (Å²) in [6, 6.07) is 5.13. The summed E-state index contributed by atoms with van der Waals surface area (Å²) >= 11 is 5.98. The molecule has 0 heterocycles. The van der Waals surface area contributed by atoms with Gasteiger partial charge in [0.1, 0.15) is 0 Å². The van der Waals surface area contributed by atoms with Crippen LogP contribution in [0.2, 0.25) is 5.02 Å². The Kier molecular flexibility index (Phi) is 4.09. The van der Waals surface area contributed by atoms with Gasteiger partial charge in [0, 0.05) is 18.3 Å². The van der Waals surface area contributed by atoms with Crippen molar-refractivity contribution in [2.45, 2.75) is 25.3 Å². The van der Waals surface area contributed by atoms with E-state index in [1.807, 2.05) is 0 Å². The highest BCUT2D eigenvalue weighted by atomic mass is 35.5. The number of carbonyl (C=O) groups is 1. The van der Waals surface area contributed by atoms with E-state index in [1.165, 1.54) is 0 Å². The highest BCUT2D eigenvalue weighted by Crippen LogP contribution is 2.27. The van der Waals surface area contributed by atoms with Crippen LogP contribution in [-0.4, -0.2) is 23.7 Å². The first-order valence-electron chi connectivity index (χ1n) is 6.07. The van der Waals surface area contributed by atoms with Crippen molar-refractivity contribution in [3.8, 4) is 0 Å². The first-order chi connectivity index (χ1) is 8.61. The van der Waals surface area contributed by atoms with E-state index in [0.29, 0.717) is 22.2 Å². The molecule has 0 aromatic heterocycles. The lowest BCUT2D eigenvalue weighted by atomic mass is 10.1. The molecular formula is C13H17ClN2O2. The second-order valence-corrected chi connectivity index (χ2v) is 5.14. The van der Waals surface area contributed by atoms with Gasteiger partial charge in [-0.1, -0.05) is 17.7 Å². The molecule has 4 nitrogen and oxygen atoms in total. The summed E-state index contributed by atoms with van der Waals surface area (Å²) in [6.45, 7) is 0.181. The lowest BCUT2D eigenvalue weighted by Crippen LogP contribution is -2.33. The second-order valence-electron chi connectivity index (χ2n) is 4.74. The van der Waals surface area contributed by atoms with Crippen molar-refractivity contribution in [1.29, 1.82) is 0 Å². The number of hydrogen-bond donors (Lipinski definition) is 3. The van der Waals surface area contributed by atoms with E-state index in [0.717, 1.165) is 19.3 Å². The van der Waals surface area contributed by atoms with Crippen LogP contribution in [0.25, 0.3) is 0 Å². The third kappa shape index (κ3) is 2.76. The molecule has 1 aromatic rings. The highest BCUT2D eigenvalue weighted by molar-refractivity contribution is 6.34. The van der Waals surface area contributed by atoms with Gasteiger partial charge in [-0.3, -0.25) is 4.79 Å². The monoisotopic (exact) mass is 268 g/mol. The fourth-order valence-corrected chi connectivity index (χ4v) is 2.68. The number of halogens is 1. The fourth-order valence-electron chi connectivity index (χ4n) is 2.41. The number of aliphatic hydroxyl groups excluding tert-OH is 1. The number of anilines is 1. The number of hydrogen-bond acceptors (Lipinski definition) is 3. The van der Waals surface area contributed by atoms with E-state index in [-0.39, 0.29) is 18.6 Å². The quantitative estimate of drug-likeness (QED) is 0.732. The molecule has 0 radical (unpaired) electrons. The molecule has 1 saturated carbocycles. The fraction of sp³-hybridized carbons (Fsp3) is 0.462.